The van der Waals surface area contributed by atoms with E-state index in [1.54, 1.807) is 0 Å². The van der Waals surface area contributed by atoms with E-state index in [1.165, 1.54) is 6.07 Å². The number of carbonyl (C=O) groups excluding carboxylic acids is 1. The maximum Gasteiger partial charge on any atom is 0.280 e. The number of hydrogen-bond acceptors (Lipinski definition) is 7. The molecule has 0 aliphatic heterocycles. The smallest absolute Gasteiger partial charge is 0.280 e. The van der Waals surface area contributed by atoms with Crippen LogP contribution in [0.25, 0.3) is 0 Å². The summed E-state index contributed by atoms with van der Waals surface area (Å²) >= 11 is 0. The lowest BCUT2D eigenvalue weighted by molar-refractivity contribution is -0.394. The molecule has 108 valence electrons. The van der Waals surface area contributed by atoms with E-state index in [-0.39, 0.29) is 18.7 Å². The zero-order valence-corrected chi connectivity index (χ0v) is 10.2. The van der Waals surface area contributed by atoms with Crippen LogP contribution in [0.4, 0.5) is 11.4 Å². The van der Waals surface area contributed by atoms with Gasteiger partial charge < -0.3 is 16.2 Å². The maximum absolute atomic E-state index is 10.8. The molecule has 1 aromatic carbocycles. The van der Waals surface area contributed by atoms with E-state index in [2.05, 4.69) is 5.32 Å². The number of non-ortho nitro benzene ring substituents is 1. The molecule has 1 atom stereocenters. The van der Waals surface area contributed by atoms with Gasteiger partial charge in [0.25, 0.3) is 11.4 Å². The number of aliphatic hydroxyl groups excluding tert-OH is 1. The Morgan fingerprint density at radius 1 is 1.35 bits per heavy atom. The number of carbonyl (C=O) groups is 1. The molecular formula is C10H12N4O6. The molecule has 1 rings (SSSR count). The molecule has 0 aromatic heterocycles. The number of hydrogen-bond donors (Lipinski definition) is 3. The Kier molecular flexibility index (Phi) is 5.06. The number of nitrogens with one attached hydrogen (secondary N) is 1. The van der Waals surface area contributed by atoms with E-state index in [4.69, 9.17) is 10.8 Å². The molecule has 0 aliphatic carbocycles. The van der Waals surface area contributed by atoms with Crippen molar-refractivity contribution < 1.29 is 19.7 Å². The predicted octanol–water partition coefficient (Wildman–Crippen LogP) is -0.561. The molecule has 0 bridgehead atoms. The number of nitro benzene ring substituents is 2. The summed E-state index contributed by atoms with van der Waals surface area (Å²) in [6, 6.07) is 3.22. The molecule has 10 heteroatoms. The molecule has 4 N–H and O–H groups in total. The van der Waals surface area contributed by atoms with Crippen LogP contribution in [0.3, 0.4) is 0 Å². The number of primary amides is 1. The van der Waals surface area contributed by atoms with Crippen LogP contribution < -0.4 is 11.1 Å². The molecule has 0 radical (unpaired) electrons. The van der Waals surface area contributed by atoms with E-state index in [0.29, 0.717) is 0 Å². The first-order chi connectivity index (χ1) is 9.32. The van der Waals surface area contributed by atoms with E-state index in [1.807, 2.05) is 0 Å². The zero-order valence-electron chi connectivity index (χ0n) is 10.2. The Hall–Kier alpha value is -2.59. The minimum absolute atomic E-state index is 0.0430. The maximum atomic E-state index is 10.8. The lowest BCUT2D eigenvalue weighted by Gasteiger charge is -2.08. The number of amides is 1. The number of nitro groups is 2. The first-order valence-electron chi connectivity index (χ1n) is 5.42. The second-order valence-electron chi connectivity index (χ2n) is 3.88. The third kappa shape index (κ3) is 3.96. The predicted molar refractivity (Wildman–Crippen MR) is 66.7 cm³/mol. The summed E-state index contributed by atoms with van der Waals surface area (Å²) in [5.74, 6) is -0.921. The molecule has 1 unspecified atom stereocenters. The molecule has 0 heterocycles. The SMILES string of the molecule is NC(=O)C(O)CNCc1ccc([N+](=O)[O-])cc1[N+](=O)[O-]. The molecule has 1 amide bonds. The molecule has 1 aromatic rings. The van der Waals surface area contributed by atoms with Gasteiger partial charge in [0.05, 0.1) is 15.9 Å². The van der Waals surface area contributed by atoms with Gasteiger partial charge in [-0.2, -0.15) is 0 Å². The van der Waals surface area contributed by atoms with E-state index in [9.17, 15) is 25.0 Å². The Balaban J connectivity index is 2.82. The van der Waals surface area contributed by atoms with Gasteiger partial charge in [-0.1, -0.05) is 0 Å². The minimum atomic E-state index is -1.41. The van der Waals surface area contributed by atoms with Crippen molar-refractivity contribution in [1.29, 1.82) is 0 Å². The fourth-order valence-corrected chi connectivity index (χ4v) is 1.43. The molecule has 0 fully saturated rings. The van der Waals surface area contributed by atoms with E-state index in [0.717, 1.165) is 12.1 Å². The average Bonchev–Trinajstić information content (AvgIpc) is 2.38. The van der Waals surface area contributed by atoms with Crippen LogP contribution >= 0.6 is 0 Å². The van der Waals surface area contributed by atoms with Crippen molar-refractivity contribution >= 4 is 17.3 Å². The molecule has 0 saturated heterocycles. The van der Waals surface area contributed by atoms with Crippen molar-refractivity contribution in [1.82, 2.24) is 5.32 Å². The van der Waals surface area contributed by atoms with Crippen molar-refractivity contribution in [2.24, 2.45) is 5.73 Å². The van der Waals surface area contributed by atoms with Gasteiger partial charge in [-0.05, 0) is 6.07 Å². The van der Waals surface area contributed by atoms with Crippen LogP contribution in [0.15, 0.2) is 18.2 Å². The normalized spacial score (nSPS) is 11.8. The van der Waals surface area contributed by atoms with Crippen LogP contribution in [0.1, 0.15) is 5.56 Å². The highest BCUT2D eigenvalue weighted by molar-refractivity contribution is 5.78. The summed E-state index contributed by atoms with van der Waals surface area (Å²) in [4.78, 5) is 30.5. The average molecular weight is 284 g/mol. The fraction of sp³-hybridized carbons (Fsp3) is 0.300. The highest BCUT2D eigenvalue weighted by Crippen LogP contribution is 2.24. The number of benzene rings is 1. The lowest BCUT2D eigenvalue weighted by atomic mass is 10.1. The van der Waals surface area contributed by atoms with Crippen LogP contribution in [0.2, 0.25) is 0 Å². The van der Waals surface area contributed by atoms with Crippen LogP contribution in [0, 0.1) is 20.2 Å². The van der Waals surface area contributed by atoms with Gasteiger partial charge in [0.1, 0.15) is 6.10 Å². The largest absolute Gasteiger partial charge is 0.382 e. The quantitative estimate of drug-likeness (QED) is 0.446. The van der Waals surface area contributed by atoms with Gasteiger partial charge >= 0.3 is 0 Å². The second kappa shape index (κ2) is 6.54. The minimum Gasteiger partial charge on any atom is -0.382 e. The first kappa shape index (κ1) is 15.5. The number of nitrogens with two attached hydrogens (primary N) is 1. The van der Waals surface area contributed by atoms with E-state index < -0.39 is 33.2 Å². The van der Waals surface area contributed by atoms with Crippen molar-refractivity contribution in [3.05, 3.63) is 44.0 Å². The molecule has 0 saturated carbocycles. The standard InChI is InChI=1S/C10H12N4O6/c11-10(16)9(15)5-12-4-6-1-2-7(13(17)18)3-8(6)14(19)20/h1-3,9,12,15H,4-5H2,(H2,11,16). The fourth-order valence-electron chi connectivity index (χ4n) is 1.43. The van der Waals surface area contributed by atoms with Crippen molar-refractivity contribution in [2.45, 2.75) is 12.6 Å². The first-order valence-corrected chi connectivity index (χ1v) is 5.42. The monoisotopic (exact) mass is 284 g/mol. The summed E-state index contributed by atoms with van der Waals surface area (Å²) in [6.07, 6.45) is -1.41. The Labute approximate surface area is 112 Å². The summed E-state index contributed by atoms with van der Waals surface area (Å²) in [6.45, 7) is -0.220. The van der Waals surface area contributed by atoms with Crippen LogP contribution in [0.5, 0.6) is 0 Å². The summed E-state index contributed by atoms with van der Waals surface area (Å²) in [7, 11) is 0. The Morgan fingerprint density at radius 3 is 2.50 bits per heavy atom. The third-order valence-electron chi connectivity index (χ3n) is 2.46. The van der Waals surface area contributed by atoms with Gasteiger partial charge in [-0.25, -0.2) is 0 Å². The number of aliphatic hydroxyl groups is 1. The lowest BCUT2D eigenvalue weighted by Crippen LogP contribution is -2.37. The topological polar surface area (TPSA) is 162 Å². The van der Waals surface area contributed by atoms with Gasteiger partial charge in [0.2, 0.25) is 5.91 Å². The number of rotatable bonds is 7. The van der Waals surface area contributed by atoms with Crippen LogP contribution in [-0.4, -0.2) is 33.5 Å². The van der Waals surface area contributed by atoms with Crippen molar-refractivity contribution in [3.63, 3.8) is 0 Å². The Bertz CT molecular complexity index is 547. The van der Waals surface area contributed by atoms with Gasteiger partial charge in [0.15, 0.2) is 0 Å². The molecule has 0 spiro atoms. The van der Waals surface area contributed by atoms with Crippen molar-refractivity contribution in [2.75, 3.05) is 6.54 Å². The molecule has 10 nitrogen and oxygen atoms in total. The summed E-state index contributed by atoms with van der Waals surface area (Å²) in [5.41, 5.74) is 4.22. The second-order valence-corrected chi connectivity index (χ2v) is 3.88. The van der Waals surface area contributed by atoms with Gasteiger partial charge in [0, 0.05) is 24.7 Å². The highest BCUT2D eigenvalue weighted by atomic mass is 16.6. The molecular weight excluding hydrogens is 272 g/mol. The van der Waals surface area contributed by atoms with Gasteiger partial charge in [-0.15, -0.1) is 0 Å². The molecule has 0 aliphatic rings. The Morgan fingerprint density at radius 2 is 2.00 bits per heavy atom. The third-order valence-corrected chi connectivity index (χ3v) is 2.46. The van der Waals surface area contributed by atoms with Gasteiger partial charge in [-0.3, -0.25) is 25.0 Å². The molecule has 20 heavy (non-hydrogen) atoms. The summed E-state index contributed by atoms with van der Waals surface area (Å²) in [5, 5.41) is 33.1. The zero-order chi connectivity index (χ0) is 15.3. The summed E-state index contributed by atoms with van der Waals surface area (Å²) < 4.78 is 0. The van der Waals surface area contributed by atoms with Crippen LogP contribution in [-0.2, 0) is 11.3 Å². The van der Waals surface area contributed by atoms with E-state index >= 15 is 0 Å². The van der Waals surface area contributed by atoms with Crippen molar-refractivity contribution in [3.8, 4) is 0 Å². The number of nitrogens with zero attached hydrogens (tertiary/aromatic N) is 2. The highest BCUT2D eigenvalue weighted by Gasteiger charge is 2.19.